The van der Waals surface area contributed by atoms with Gasteiger partial charge in [0.05, 0.1) is 30.2 Å². The van der Waals surface area contributed by atoms with Gasteiger partial charge in [0, 0.05) is 37.2 Å². The fourth-order valence-electron chi connectivity index (χ4n) is 6.83. The molecule has 7 atom stereocenters. The number of anilines is 1. The largest absolute Gasteiger partial charge is 0.491 e. The Labute approximate surface area is 281 Å². The molecule has 2 saturated carbocycles. The second-order valence-electron chi connectivity index (χ2n) is 13.4. The highest BCUT2D eigenvalue weighted by atomic mass is 35.5. The molecule has 9 nitrogen and oxygen atoms in total. The summed E-state index contributed by atoms with van der Waals surface area (Å²) >= 11 is 6.43. The van der Waals surface area contributed by atoms with Gasteiger partial charge in [0.15, 0.2) is 0 Å². The predicted octanol–water partition coefficient (Wildman–Crippen LogP) is 6.63. The lowest BCUT2D eigenvalue weighted by Crippen LogP contribution is -2.43. The maximum absolute atomic E-state index is 14.2. The zero-order valence-corrected chi connectivity index (χ0v) is 28.5. The Morgan fingerprint density at radius 1 is 1.17 bits per heavy atom. The van der Waals surface area contributed by atoms with Gasteiger partial charge in [-0.05, 0) is 97.7 Å². The molecule has 2 N–H and O–H groups in total. The molecular weight excluding hydrogens is 643 g/mol. The van der Waals surface area contributed by atoms with E-state index in [9.17, 15) is 18.2 Å². The second kappa shape index (κ2) is 14.5. The van der Waals surface area contributed by atoms with Gasteiger partial charge in [-0.2, -0.15) is 0 Å². The lowest BCUT2D eigenvalue weighted by atomic mass is 9.70. The average molecular weight is 687 g/mol. The number of alkyl halides is 1. The van der Waals surface area contributed by atoms with Crippen LogP contribution in [0.4, 0.5) is 14.9 Å². The zero-order valence-electron chi connectivity index (χ0n) is 27.0. The van der Waals surface area contributed by atoms with Crippen molar-refractivity contribution in [3.63, 3.8) is 0 Å². The van der Waals surface area contributed by atoms with Crippen LogP contribution >= 0.6 is 11.6 Å². The minimum Gasteiger partial charge on any atom is -0.491 e. The maximum Gasteiger partial charge on any atom is 0.327 e. The van der Waals surface area contributed by atoms with Gasteiger partial charge in [0.2, 0.25) is 0 Å². The molecule has 1 unspecified atom stereocenters. The van der Waals surface area contributed by atoms with E-state index in [1.54, 1.807) is 25.3 Å². The molecule has 0 spiro atoms. The van der Waals surface area contributed by atoms with E-state index in [2.05, 4.69) is 31.4 Å². The van der Waals surface area contributed by atoms with Crippen LogP contribution in [0.5, 0.6) is 5.75 Å². The highest BCUT2D eigenvalue weighted by Gasteiger charge is 2.40. The Kier molecular flexibility index (Phi) is 10.4. The highest BCUT2D eigenvalue weighted by molar-refractivity contribution is 7.92. The Morgan fingerprint density at radius 2 is 2.00 bits per heavy atom. The first-order valence-corrected chi connectivity index (χ1v) is 18.7. The van der Waals surface area contributed by atoms with E-state index in [1.165, 1.54) is 5.56 Å². The van der Waals surface area contributed by atoms with Gasteiger partial charge in [0.25, 0.3) is 5.91 Å². The number of nitrogens with one attached hydrogen (secondary N) is 2. The second-order valence-corrected chi connectivity index (χ2v) is 15.8. The standard InChI is InChI=1S/C35H44ClFN4O5S/c1-22-6-5-8-32(45-2)28-13-10-26(28)20-41-19-25-9-12-27(36)16-23(25)7-3-4-15-46-33-14-11-24(17-31(33)41)34(42)39-47(44,21-22)40-35(43)38-30-18-29(30)37/h5,8-9,11-12,14,16-17,22,26,28-30,32H,3-4,6-7,10,13,15,18-21H2,1-2H3,(H2,38,39,40,42,43,44)/b8-5+/t22-,26-,28+,29-,30+,32-,47?/m0/s1. The van der Waals surface area contributed by atoms with Gasteiger partial charge in [-0.15, -0.1) is 4.36 Å². The van der Waals surface area contributed by atoms with E-state index in [-0.39, 0.29) is 29.8 Å². The Balaban J connectivity index is 1.43. The number of rotatable bonds is 3. The fourth-order valence-corrected chi connectivity index (χ4v) is 8.86. The number of hydrogen-bond donors (Lipinski definition) is 2. The summed E-state index contributed by atoms with van der Waals surface area (Å²) in [6, 6.07) is 9.80. The van der Waals surface area contributed by atoms with Crippen LogP contribution in [0.3, 0.4) is 0 Å². The SMILES string of the molecule is CO[C@H]1/C=C/C[C@H](C)CS(=O)(NC(=O)N[C@@H]2C[C@@H]2F)=NC(=O)c2ccc3c(c2)N(Cc2ccc(Cl)cc2CCCCO3)C[C@@H]2CC[C@H]21. The van der Waals surface area contributed by atoms with Crippen molar-refractivity contribution in [2.45, 2.75) is 76.7 Å². The van der Waals surface area contributed by atoms with E-state index in [1.807, 2.05) is 25.1 Å². The fraction of sp³-hybridized carbons (Fsp3) is 0.543. The number of benzene rings is 2. The quantitative estimate of drug-likeness (QED) is 0.351. The molecule has 2 aliphatic carbocycles. The smallest absolute Gasteiger partial charge is 0.327 e. The third-order valence-electron chi connectivity index (χ3n) is 9.69. The van der Waals surface area contributed by atoms with Gasteiger partial charge in [-0.3, -0.25) is 9.52 Å². The summed E-state index contributed by atoms with van der Waals surface area (Å²) in [5, 5.41) is 3.19. The van der Waals surface area contributed by atoms with Crippen molar-refractivity contribution in [1.29, 1.82) is 0 Å². The number of hydrogen-bond acceptors (Lipinski definition) is 6. The molecule has 2 fully saturated rings. The van der Waals surface area contributed by atoms with Crippen LogP contribution in [0.1, 0.15) is 66.9 Å². The number of aryl methyl sites for hydroxylation is 1. The van der Waals surface area contributed by atoms with Crippen LogP contribution < -0.4 is 19.7 Å². The van der Waals surface area contributed by atoms with Crippen LogP contribution in [0.2, 0.25) is 5.02 Å². The number of carbonyl (C=O) groups is 2. The predicted molar refractivity (Wildman–Crippen MR) is 182 cm³/mol. The normalized spacial score (nSPS) is 31.7. The van der Waals surface area contributed by atoms with Crippen molar-refractivity contribution in [2.75, 3.05) is 30.9 Å². The highest BCUT2D eigenvalue weighted by Crippen LogP contribution is 2.42. The molecule has 0 aromatic heterocycles. The van der Waals surface area contributed by atoms with E-state index in [0.717, 1.165) is 49.9 Å². The minimum atomic E-state index is -3.57. The molecule has 254 valence electrons. The Hall–Kier alpha value is -3.15. The van der Waals surface area contributed by atoms with Crippen molar-refractivity contribution >= 4 is 39.1 Å². The Morgan fingerprint density at radius 3 is 2.74 bits per heavy atom. The Bertz CT molecular complexity index is 1650. The number of ether oxygens (including phenoxy) is 2. The van der Waals surface area contributed by atoms with Gasteiger partial charge < -0.3 is 19.7 Å². The monoisotopic (exact) mass is 686 g/mol. The number of amides is 3. The van der Waals surface area contributed by atoms with Gasteiger partial charge >= 0.3 is 6.03 Å². The topological polar surface area (TPSA) is 109 Å². The first-order valence-electron chi connectivity index (χ1n) is 16.6. The van der Waals surface area contributed by atoms with Crippen LogP contribution in [-0.2, 0) is 27.6 Å². The first kappa shape index (κ1) is 33.7. The van der Waals surface area contributed by atoms with E-state index in [0.29, 0.717) is 42.2 Å². The van der Waals surface area contributed by atoms with Crippen LogP contribution in [0.25, 0.3) is 0 Å². The van der Waals surface area contributed by atoms with Crippen molar-refractivity contribution < 1.29 is 27.7 Å². The molecule has 3 amide bonds. The molecule has 4 aliphatic rings. The number of halogens is 2. The molecule has 12 heteroatoms. The van der Waals surface area contributed by atoms with E-state index >= 15 is 0 Å². The number of urea groups is 1. The van der Waals surface area contributed by atoms with Gasteiger partial charge in [-0.25, -0.2) is 13.4 Å². The van der Waals surface area contributed by atoms with E-state index in [4.69, 9.17) is 21.1 Å². The summed E-state index contributed by atoms with van der Waals surface area (Å²) < 4.78 is 46.6. The van der Waals surface area contributed by atoms with Crippen LogP contribution in [0.15, 0.2) is 52.9 Å². The molecule has 0 radical (unpaired) electrons. The van der Waals surface area contributed by atoms with Crippen molar-refractivity contribution in [3.8, 4) is 5.75 Å². The molecular formula is C35H44ClFN4O5S. The van der Waals surface area contributed by atoms with Crippen molar-refractivity contribution in [2.24, 2.45) is 22.1 Å². The average Bonchev–Trinajstić information content (AvgIpc) is 3.71. The molecule has 2 aromatic carbocycles. The van der Waals surface area contributed by atoms with Crippen LogP contribution in [0, 0.1) is 17.8 Å². The molecule has 2 heterocycles. The van der Waals surface area contributed by atoms with E-state index < -0.39 is 34.1 Å². The van der Waals surface area contributed by atoms with Crippen molar-refractivity contribution in [1.82, 2.24) is 10.0 Å². The van der Waals surface area contributed by atoms with Crippen LogP contribution in [-0.4, -0.2) is 60.5 Å². The zero-order chi connectivity index (χ0) is 33.1. The number of allylic oxidation sites excluding steroid dienone is 1. The molecule has 0 saturated heterocycles. The molecule has 6 rings (SSSR count). The number of carbonyl (C=O) groups excluding carboxylic acids is 2. The summed E-state index contributed by atoms with van der Waals surface area (Å²) in [6.45, 7) is 3.72. The lowest BCUT2D eigenvalue weighted by molar-refractivity contribution is 0.0133. The number of methoxy groups -OCH3 is 1. The van der Waals surface area contributed by atoms with Crippen molar-refractivity contribution in [3.05, 3.63) is 70.3 Å². The summed E-state index contributed by atoms with van der Waals surface area (Å²) in [6.07, 6.45) is 8.44. The first-order chi connectivity index (χ1) is 22.6. The van der Waals surface area contributed by atoms with Gasteiger partial charge in [-0.1, -0.05) is 36.7 Å². The summed E-state index contributed by atoms with van der Waals surface area (Å²) in [5.41, 5.74) is 3.35. The van der Waals surface area contributed by atoms with Gasteiger partial charge in [0.1, 0.15) is 21.8 Å². The summed E-state index contributed by atoms with van der Waals surface area (Å²) in [4.78, 5) is 28.8. The molecule has 2 bridgehead atoms. The lowest BCUT2D eigenvalue weighted by Gasteiger charge is -2.43. The summed E-state index contributed by atoms with van der Waals surface area (Å²) in [5.74, 6) is 0.385. The summed E-state index contributed by atoms with van der Waals surface area (Å²) in [7, 11) is -1.83. The maximum atomic E-state index is 14.2. The third kappa shape index (κ3) is 8.29. The third-order valence-corrected chi connectivity index (χ3v) is 11.9. The number of fused-ring (bicyclic) bond motifs is 3. The number of nitrogens with zero attached hydrogens (tertiary/aromatic N) is 2. The molecule has 2 aromatic rings. The molecule has 2 aliphatic heterocycles. The minimum absolute atomic E-state index is 0.0521. The molecule has 47 heavy (non-hydrogen) atoms.